The molecular weight excluding hydrogens is 260 g/mol. The predicted molar refractivity (Wildman–Crippen MR) is 73.9 cm³/mol. The van der Waals surface area contributed by atoms with Gasteiger partial charge < -0.3 is 14.5 Å². The number of hydrogen-bond donors (Lipinski definition) is 0. The van der Waals surface area contributed by atoms with Crippen molar-refractivity contribution in [2.45, 2.75) is 32.6 Å². The summed E-state index contributed by atoms with van der Waals surface area (Å²) in [7, 11) is 3.50. The quantitative estimate of drug-likeness (QED) is 0.695. The van der Waals surface area contributed by atoms with Gasteiger partial charge in [0.25, 0.3) is 0 Å². The normalized spacial score (nSPS) is 15.8. The summed E-state index contributed by atoms with van der Waals surface area (Å²) in [6.45, 7) is 3.26. The van der Waals surface area contributed by atoms with Gasteiger partial charge in [0.05, 0.1) is 13.0 Å². The summed E-state index contributed by atoms with van der Waals surface area (Å²) in [5, 5.41) is 0. The Hall–Kier alpha value is -1.59. The van der Waals surface area contributed by atoms with Crippen molar-refractivity contribution >= 4 is 17.8 Å². The average Bonchev–Trinajstić information content (AvgIpc) is 2.44. The lowest BCUT2D eigenvalue weighted by Crippen LogP contribution is -2.42. The molecule has 0 spiro atoms. The molecule has 0 aliphatic carbocycles. The first kappa shape index (κ1) is 16.5. The van der Waals surface area contributed by atoms with Gasteiger partial charge in [0, 0.05) is 39.5 Å². The van der Waals surface area contributed by atoms with Gasteiger partial charge in [0.15, 0.2) is 0 Å². The second-order valence-corrected chi connectivity index (χ2v) is 5.19. The van der Waals surface area contributed by atoms with Gasteiger partial charge in [-0.25, -0.2) is 0 Å². The number of likely N-dealkylation sites (tertiary alicyclic amines) is 1. The third-order valence-corrected chi connectivity index (χ3v) is 3.49. The minimum Gasteiger partial charge on any atom is -0.466 e. The van der Waals surface area contributed by atoms with Crippen LogP contribution in [0.1, 0.15) is 32.6 Å². The molecule has 114 valence electrons. The van der Waals surface area contributed by atoms with Crippen molar-refractivity contribution in [1.82, 2.24) is 9.80 Å². The SMILES string of the molecule is CCOC(=O)CCC(=O)N1CCC(C(=O)N(C)C)CC1. The highest BCUT2D eigenvalue weighted by molar-refractivity contribution is 5.82. The molecule has 1 saturated heterocycles. The molecule has 0 radical (unpaired) electrons. The van der Waals surface area contributed by atoms with Crippen LogP contribution < -0.4 is 0 Å². The highest BCUT2D eigenvalue weighted by Gasteiger charge is 2.28. The van der Waals surface area contributed by atoms with Crippen LogP contribution in [0.4, 0.5) is 0 Å². The van der Waals surface area contributed by atoms with E-state index in [0.717, 1.165) is 0 Å². The molecule has 0 aromatic rings. The lowest BCUT2D eigenvalue weighted by atomic mass is 9.95. The maximum atomic E-state index is 11.9. The zero-order valence-corrected chi connectivity index (χ0v) is 12.6. The lowest BCUT2D eigenvalue weighted by molar-refractivity contribution is -0.146. The summed E-state index contributed by atoms with van der Waals surface area (Å²) in [5.74, 6) is -0.227. The van der Waals surface area contributed by atoms with Crippen LogP contribution in [0.5, 0.6) is 0 Å². The van der Waals surface area contributed by atoms with E-state index in [2.05, 4.69) is 0 Å². The number of carbonyl (C=O) groups excluding carboxylic acids is 3. The molecule has 2 amide bonds. The van der Waals surface area contributed by atoms with Gasteiger partial charge >= 0.3 is 5.97 Å². The smallest absolute Gasteiger partial charge is 0.306 e. The molecule has 1 aliphatic rings. The fraction of sp³-hybridized carbons (Fsp3) is 0.786. The van der Waals surface area contributed by atoms with Crippen LogP contribution in [0.15, 0.2) is 0 Å². The third kappa shape index (κ3) is 4.83. The van der Waals surface area contributed by atoms with Crippen LogP contribution in [-0.2, 0) is 19.1 Å². The third-order valence-electron chi connectivity index (χ3n) is 3.49. The van der Waals surface area contributed by atoms with Crippen molar-refractivity contribution in [3.8, 4) is 0 Å². The number of rotatable bonds is 5. The molecular formula is C14H24N2O4. The Bertz CT molecular complexity index is 360. The molecule has 0 unspecified atom stereocenters. The molecule has 0 aromatic carbocycles. The highest BCUT2D eigenvalue weighted by atomic mass is 16.5. The molecule has 0 saturated carbocycles. The molecule has 6 heteroatoms. The maximum Gasteiger partial charge on any atom is 0.306 e. The Labute approximate surface area is 120 Å². The molecule has 0 atom stereocenters. The standard InChI is InChI=1S/C14H24N2O4/c1-4-20-13(18)6-5-12(17)16-9-7-11(8-10-16)14(19)15(2)3/h11H,4-10H2,1-3H3. The molecule has 6 nitrogen and oxygen atoms in total. The number of carbonyl (C=O) groups is 3. The molecule has 20 heavy (non-hydrogen) atoms. The van der Waals surface area contributed by atoms with Gasteiger partial charge in [-0.15, -0.1) is 0 Å². The lowest BCUT2D eigenvalue weighted by Gasteiger charge is -2.32. The van der Waals surface area contributed by atoms with Crippen molar-refractivity contribution in [3.63, 3.8) is 0 Å². The van der Waals surface area contributed by atoms with Crippen molar-refractivity contribution in [1.29, 1.82) is 0 Å². The van der Waals surface area contributed by atoms with E-state index in [9.17, 15) is 14.4 Å². The highest BCUT2D eigenvalue weighted by Crippen LogP contribution is 2.19. The second-order valence-electron chi connectivity index (χ2n) is 5.19. The Morgan fingerprint density at radius 2 is 1.75 bits per heavy atom. The van der Waals surface area contributed by atoms with Crippen molar-refractivity contribution in [3.05, 3.63) is 0 Å². The first-order valence-electron chi connectivity index (χ1n) is 7.10. The van der Waals surface area contributed by atoms with Gasteiger partial charge in [-0.3, -0.25) is 14.4 Å². The Balaban J connectivity index is 2.32. The largest absolute Gasteiger partial charge is 0.466 e. The Morgan fingerprint density at radius 3 is 2.25 bits per heavy atom. The van der Waals surface area contributed by atoms with E-state index in [-0.39, 0.29) is 36.5 Å². The van der Waals surface area contributed by atoms with Crippen LogP contribution in [0.2, 0.25) is 0 Å². The first-order chi connectivity index (χ1) is 9.45. The monoisotopic (exact) mass is 284 g/mol. The number of amides is 2. The van der Waals surface area contributed by atoms with E-state index in [1.165, 1.54) is 0 Å². The summed E-state index contributed by atoms with van der Waals surface area (Å²) < 4.78 is 4.79. The second kappa shape index (κ2) is 7.87. The fourth-order valence-electron chi connectivity index (χ4n) is 2.34. The van der Waals surface area contributed by atoms with Crippen molar-refractivity contribution in [2.75, 3.05) is 33.8 Å². The summed E-state index contributed by atoms with van der Waals surface area (Å²) in [4.78, 5) is 38.3. The van der Waals surface area contributed by atoms with E-state index < -0.39 is 0 Å². The number of hydrogen-bond acceptors (Lipinski definition) is 4. The molecule has 1 fully saturated rings. The zero-order valence-electron chi connectivity index (χ0n) is 12.6. The van der Waals surface area contributed by atoms with Gasteiger partial charge in [-0.2, -0.15) is 0 Å². The van der Waals surface area contributed by atoms with Gasteiger partial charge in [-0.1, -0.05) is 0 Å². The molecule has 0 aromatic heterocycles. The molecule has 0 N–H and O–H groups in total. The molecule has 0 bridgehead atoms. The molecule has 1 heterocycles. The molecule has 1 rings (SSSR count). The number of nitrogens with zero attached hydrogens (tertiary/aromatic N) is 2. The summed E-state index contributed by atoms with van der Waals surface area (Å²) >= 11 is 0. The van der Waals surface area contributed by atoms with Gasteiger partial charge in [0.1, 0.15) is 0 Å². The average molecular weight is 284 g/mol. The van der Waals surface area contributed by atoms with Crippen molar-refractivity contribution in [2.24, 2.45) is 5.92 Å². The van der Waals surface area contributed by atoms with E-state index in [0.29, 0.717) is 32.5 Å². The fourth-order valence-corrected chi connectivity index (χ4v) is 2.34. The maximum absolute atomic E-state index is 11.9. The summed E-state index contributed by atoms with van der Waals surface area (Å²) in [5.41, 5.74) is 0. The van der Waals surface area contributed by atoms with Crippen molar-refractivity contribution < 1.29 is 19.1 Å². The van der Waals surface area contributed by atoms with Crippen LogP contribution in [0.25, 0.3) is 0 Å². The number of esters is 1. The van der Waals surface area contributed by atoms with E-state index in [1.54, 1.807) is 30.8 Å². The Morgan fingerprint density at radius 1 is 1.15 bits per heavy atom. The number of ether oxygens (including phenoxy) is 1. The Kier molecular flexibility index (Phi) is 6.48. The van der Waals surface area contributed by atoms with E-state index >= 15 is 0 Å². The number of piperidine rings is 1. The van der Waals surface area contributed by atoms with E-state index in [1.807, 2.05) is 0 Å². The predicted octanol–water partition coefficient (Wildman–Crippen LogP) is 0.656. The van der Waals surface area contributed by atoms with Crippen LogP contribution in [-0.4, -0.2) is 61.4 Å². The topological polar surface area (TPSA) is 66.9 Å². The summed E-state index contributed by atoms with van der Waals surface area (Å²) in [6, 6.07) is 0. The minimum atomic E-state index is -0.335. The van der Waals surface area contributed by atoms with Crippen LogP contribution in [0.3, 0.4) is 0 Å². The summed E-state index contributed by atoms with van der Waals surface area (Å²) in [6.07, 6.45) is 1.71. The van der Waals surface area contributed by atoms with E-state index in [4.69, 9.17) is 4.74 Å². The van der Waals surface area contributed by atoms with Crippen LogP contribution in [0, 0.1) is 5.92 Å². The van der Waals surface area contributed by atoms with Gasteiger partial charge in [-0.05, 0) is 19.8 Å². The van der Waals surface area contributed by atoms with Gasteiger partial charge in [0.2, 0.25) is 11.8 Å². The minimum absolute atomic E-state index is 0.0131. The molecule has 1 aliphatic heterocycles. The zero-order chi connectivity index (χ0) is 15.1. The first-order valence-corrected chi connectivity index (χ1v) is 7.10. The van der Waals surface area contributed by atoms with Crippen LogP contribution >= 0.6 is 0 Å².